The van der Waals surface area contributed by atoms with Crippen molar-refractivity contribution in [2.24, 2.45) is 5.92 Å². The Morgan fingerprint density at radius 1 is 1.53 bits per heavy atom. The van der Waals surface area contributed by atoms with Gasteiger partial charge in [0.25, 0.3) is 0 Å². The molecule has 0 aliphatic carbocycles. The highest BCUT2D eigenvalue weighted by Gasteiger charge is 2.29. The molecule has 0 saturated carbocycles. The number of carbonyl (C=O) groups excluding carboxylic acids is 1. The van der Waals surface area contributed by atoms with Crippen LogP contribution in [0, 0.1) is 5.92 Å². The normalized spacial score (nSPS) is 25.1. The van der Waals surface area contributed by atoms with Crippen LogP contribution in [-0.2, 0) is 4.79 Å². The summed E-state index contributed by atoms with van der Waals surface area (Å²) in [6.07, 6.45) is 5.66. The van der Waals surface area contributed by atoms with Crippen molar-refractivity contribution in [2.75, 3.05) is 11.9 Å². The maximum absolute atomic E-state index is 11.8. The summed E-state index contributed by atoms with van der Waals surface area (Å²) < 4.78 is 0. The molecule has 1 fully saturated rings. The van der Waals surface area contributed by atoms with E-state index < -0.39 is 0 Å². The monoisotopic (exact) mass is 206 g/mol. The van der Waals surface area contributed by atoms with Crippen LogP contribution in [0.3, 0.4) is 0 Å². The number of aromatic nitrogens is 2. The first-order valence-corrected chi connectivity index (χ1v) is 5.06. The lowest BCUT2D eigenvalue weighted by Gasteiger charge is -2.14. The number of nitrogens with zero attached hydrogens (tertiary/aromatic N) is 2. The number of rotatable bonds is 2. The predicted molar refractivity (Wildman–Crippen MR) is 56.2 cm³/mol. The molecule has 5 nitrogen and oxygen atoms in total. The topological polar surface area (TPSA) is 66.9 Å². The van der Waals surface area contributed by atoms with Gasteiger partial charge in [0.05, 0.1) is 24.1 Å². The summed E-state index contributed by atoms with van der Waals surface area (Å²) in [7, 11) is 0. The van der Waals surface area contributed by atoms with Crippen molar-refractivity contribution in [1.82, 2.24) is 15.3 Å². The number of anilines is 1. The second-order valence-electron chi connectivity index (χ2n) is 3.81. The first-order chi connectivity index (χ1) is 7.27. The molecule has 15 heavy (non-hydrogen) atoms. The number of amides is 1. The van der Waals surface area contributed by atoms with Crippen molar-refractivity contribution in [3.05, 3.63) is 18.7 Å². The average Bonchev–Trinajstić information content (AvgIpc) is 2.66. The van der Waals surface area contributed by atoms with E-state index in [-0.39, 0.29) is 11.9 Å². The summed E-state index contributed by atoms with van der Waals surface area (Å²) in [5, 5.41) is 5.96. The smallest absolute Gasteiger partial charge is 0.241 e. The highest BCUT2D eigenvalue weighted by molar-refractivity contribution is 5.94. The van der Waals surface area contributed by atoms with Gasteiger partial charge in [-0.2, -0.15) is 0 Å². The van der Waals surface area contributed by atoms with Gasteiger partial charge >= 0.3 is 0 Å². The minimum atomic E-state index is -0.0924. The molecule has 2 atom stereocenters. The van der Waals surface area contributed by atoms with Crippen molar-refractivity contribution in [1.29, 1.82) is 0 Å². The first-order valence-electron chi connectivity index (χ1n) is 5.06. The van der Waals surface area contributed by atoms with Gasteiger partial charge in [-0.15, -0.1) is 0 Å². The van der Waals surface area contributed by atoms with Crippen LogP contribution in [0.25, 0.3) is 0 Å². The molecule has 2 heterocycles. The summed E-state index contributed by atoms with van der Waals surface area (Å²) in [6, 6.07) is -0.0924. The van der Waals surface area contributed by atoms with Gasteiger partial charge in [0, 0.05) is 0 Å². The van der Waals surface area contributed by atoms with E-state index in [9.17, 15) is 4.79 Å². The second-order valence-corrected chi connectivity index (χ2v) is 3.81. The van der Waals surface area contributed by atoms with Crippen molar-refractivity contribution >= 4 is 11.6 Å². The third-order valence-electron chi connectivity index (χ3n) is 2.64. The fraction of sp³-hybridized carbons (Fsp3) is 0.500. The molecule has 1 aromatic heterocycles. The van der Waals surface area contributed by atoms with E-state index in [4.69, 9.17) is 0 Å². The molecule has 1 aliphatic rings. The zero-order valence-electron chi connectivity index (χ0n) is 8.60. The zero-order chi connectivity index (χ0) is 10.7. The van der Waals surface area contributed by atoms with Gasteiger partial charge in [0.2, 0.25) is 5.91 Å². The molecule has 2 N–H and O–H groups in total. The molecular formula is C10H14N4O. The van der Waals surface area contributed by atoms with E-state index in [1.54, 1.807) is 12.4 Å². The summed E-state index contributed by atoms with van der Waals surface area (Å²) in [4.78, 5) is 19.5. The van der Waals surface area contributed by atoms with Gasteiger partial charge in [0.15, 0.2) is 0 Å². The number of carbonyl (C=O) groups is 1. The number of nitrogens with one attached hydrogen (secondary N) is 2. The highest BCUT2D eigenvalue weighted by Crippen LogP contribution is 2.15. The maximum Gasteiger partial charge on any atom is 0.241 e. The zero-order valence-corrected chi connectivity index (χ0v) is 8.60. The third kappa shape index (κ3) is 2.30. The minimum Gasteiger partial charge on any atom is -0.322 e. The van der Waals surface area contributed by atoms with Gasteiger partial charge in [-0.05, 0) is 18.9 Å². The standard InChI is InChI=1S/C10H14N4O/c1-7-2-3-13-9(7)10(15)14-8-4-11-6-12-5-8/h4-7,9,13H,2-3H2,1H3,(H,14,15). The lowest BCUT2D eigenvalue weighted by atomic mass is 10.0. The summed E-state index contributed by atoms with van der Waals surface area (Å²) in [5.41, 5.74) is 0.642. The van der Waals surface area contributed by atoms with E-state index >= 15 is 0 Å². The summed E-state index contributed by atoms with van der Waals surface area (Å²) in [5.74, 6) is 0.379. The third-order valence-corrected chi connectivity index (χ3v) is 2.64. The van der Waals surface area contributed by atoms with Crippen LogP contribution in [0.2, 0.25) is 0 Å². The molecular weight excluding hydrogens is 192 g/mol. The lowest BCUT2D eigenvalue weighted by Crippen LogP contribution is -2.39. The van der Waals surface area contributed by atoms with Crippen molar-refractivity contribution < 1.29 is 4.79 Å². The molecule has 2 unspecified atom stereocenters. The number of hydrogen-bond donors (Lipinski definition) is 2. The van der Waals surface area contributed by atoms with E-state index in [2.05, 4.69) is 27.5 Å². The second kappa shape index (κ2) is 4.35. The van der Waals surface area contributed by atoms with Gasteiger partial charge in [0.1, 0.15) is 6.33 Å². The Bertz CT molecular complexity index is 341. The number of hydrogen-bond acceptors (Lipinski definition) is 4. The first kappa shape index (κ1) is 10.0. The average molecular weight is 206 g/mol. The van der Waals surface area contributed by atoms with E-state index in [1.165, 1.54) is 6.33 Å². The largest absolute Gasteiger partial charge is 0.322 e. The van der Waals surface area contributed by atoms with Crippen LogP contribution < -0.4 is 10.6 Å². The van der Waals surface area contributed by atoms with Gasteiger partial charge < -0.3 is 10.6 Å². The molecule has 5 heteroatoms. The SMILES string of the molecule is CC1CCNC1C(=O)Nc1cncnc1. The Kier molecular flexibility index (Phi) is 2.91. The predicted octanol–water partition coefficient (Wildman–Crippen LogP) is 0.413. The fourth-order valence-electron chi connectivity index (χ4n) is 1.77. The van der Waals surface area contributed by atoms with Crippen LogP contribution >= 0.6 is 0 Å². The van der Waals surface area contributed by atoms with Crippen molar-refractivity contribution in [2.45, 2.75) is 19.4 Å². The Morgan fingerprint density at radius 2 is 2.27 bits per heavy atom. The molecule has 1 amide bonds. The highest BCUT2D eigenvalue weighted by atomic mass is 16.2. The van der Waals surface area contributed by atoms with Crippen molar-refractivity contribution in [3.8, 4) is 0 Å². The molecule has 1 saturated heterocycles. The molecule has 1 aromatic rings. The molecule has 80 valence electrons. The maximum atomic E-state index is 11.8. The van der Waals surface area contributed by atoms with Gasteiger partial charge in [-0.1, -0.05) is 6.92 Å². The molecule has 1 aliphatic heterocycles. The van der Waals surface area contributed by atoms with E-state index in [1.807, 2.05) is 0 Å². The molecule has 0 aromatic carbocycles. The van der Waals surface area contributed by atoms with Crippen LogP contribution in [0.1, 0.15) is 13.3 Å². The lowest BCUT2D eigenvalue weighted by molar-refractivity contribution is -0.118. The fourth-order valence-corrected chi connectivity index (χ4v) is 1.77. The Labute approximate surface area is 88.3 Å². The van der Waals surface area contributed by atoms with Gasteiger partial charge in [-0.25, -0.2) is 9.97 Å². The van der Waals surface area contributed by atoms with Crippen molar-refractivity contribution in [3.63, 3.8) is 0 Å². The molecule has 0 bridgehead atoms. The van der Waals surface area contributed by atoms with E-state index in [0.717, 1.165) is 13.0 Å². The minimum absolute atomic E-state index is 0.00481. The Hall–Kier alpha value is -1.49. The Balaban J connectivity index is 1.98. The summed E-state index contributed by atoms with van der Waals surface area (Å²) in [6.45, 7) is 2.98. The van der Waals surface area contributed by atoms with Crippen LogP contribution in [0.5, 0.6) is 0 Å². The van der Waals surface area contributed by atoms with Crippen LogP contribution in [0.15, 0.2) is 18.7 Å². The summed E-state index contributed by atoms with van der Waals surface area (Å²) >= 11 is 0. The van der Waals surface area contributed by atoms with E-state index in [0.29, 0.717) is 11.6 Å². The van der Waals surface area contributed by atoms with Crippen LogP contribution in [-0.4, -0.2) is 28.5 Å². The van der Waals surface area contributed by atoms with Crippen LogP contribution in [0.4, 0.5) is 5.69 Å². The quantitative estimate of drug-likeness (QED) is 0.735. The molecule has 0 radical (unpaired) electrons. The van der Waals surface area contributed by atoms with Gasteiger partial charge in [-0.3, -0.25) is 4.79 Å². The molecule has 2 rings (SSSR count). The molecule has 0 spiro atoms. The Morgan fingerprint density at radius 3 is 2.87 bits per heavy atom.